The maximum atomic E-state index is 10.6. The lowest BCUT2D eigenvalue weighted by atomic mass is 10.0. The number of carbonyl (C=O) groups is 1. The van der Waals surface area contributed by atoms with E-state index < -0.39 is 6.00 Å². The molecule has 0 atom stereocenters. The highest BCUT2D eigenvalue weighted by atomic mass is 35.8. The zero-order chi connectivity index (χ0) is 28.7. The van der Waals surface area contributed by atoms with Crippen LogP contribution in [0, 0.1) is 0 Å². The quantitative estimate of drug-likeness (QED) is 0.0319. The average molecular weight is 634 g/mol. The monoisotopic (exact) mass is 632 g/mol. The number of ether oxygens (including phenoxy) is 4. The van der Waals surface area contributed by atoms with Gasteiger partial charge in [-0.1, -0.05) is 122 Å². The maximum Gasteiger partial charge on any atom is 0.341 e. The minimum absolute atomic E-state index is 0.280. The second kappa shape index (κ2) is 31.4. The lowest BCUT2D eigenvalue weighted by Gasteiger charge is -2.07. The second-order valence-corrected chi connectivity index (χ2v) is 19.9. The predicted octanol–water partition coefficient (Wildman–Crippen LogP) is 10.1. The lowest BCUT2D eigenvalue weighted by molar-refractivity contribution is -0.142. The molecule has 0 bridgehead atoms. The van der Waals surface area contributed by atoms with E-state index >= 15 is 0 Å². The van der Waals surface area contributed by atoms with Crippen molar-refractivity contribution >= 4 is 45.2 Å². The van der Waals surface area contributed by atoms with Crippen LogP contribution in [0.3, 0.4) is 0 Å². The van der Waals surface area contributed by atoms with Crippen molar-refractivity contribution in [2.24, 2.45) is 0 Å². The summed E-state index contributed by atoms with van der Waals surface area (Å²) in [6.45, 7) is 5.20. The van der Waals surface area contributed by atoms with Crippen molar-refractivity contribution in [1.29, 1.82) is 0 Å². The third kappa shape index (κ3) is 38.4. The van der Waals surface area contributed by atoms with Gasteiger partial charge in [0.15, 0.2) is 0 Å². The molecule has 0 spiro atoms. The Labute approximate surface area is 255 Å². The number of carbonyl (C=O) groups excluding carboxylic acids is 1. The van der Waals surface area contributed by atoms with Crippen molar-refractivity contribution in [3.05, 3.63) is 0 Å². The van der Waals surface area contributed by atoms with Gasteiger partial charge in [-0.3, -0.25) is 4.79 Å². The summed E-state index contributed by atoms with van der Waals surface area (Å²) >= 11 is 17.7. The van der Waals surface area contributed by atoms with Crippen LogP contribution < -0.4 is 0 Å². The van der Waals surface area contributed by atoms with E-state index in [2.05, 4.69) is 0 Å². The van der Waals surface area contributed by atoms with E-state index in [1.807, 2.05) is 0 Å². The largest absolute Gasteiger partial charge is 0.463 e. The van der Waals surface area contributed by atoms with Crippen LogP contribution >= 0.6 is 33.2 Å². The van der Waals surface area contributed by atoms with Crippen LogP contribution in [0.4, 0.5) is 0 Å². The first-order valence-electron chi connectivity index (χ1n) is 15.8. The molecule has 0 rings (SSSR count). The van der Waals surface area contributed by atoms with Gasteiger partial charge in [0.2, 0.25) is 0 Å². The van der Waals surface area contributed by atoms with E-state index in [-0.39, 0.29) is 5.97 Å². The summed E-state index contributed by atoms with van der Waals surface area (Å²) in [6, 6.07) is -1.57. The molecule has 0 fully saturated rings. The Morgan fingerprint density at radius 3 is 1.05 bits per heavy atom. The SMILES string of the molecule is CC(=O)OCCOCCOCCOCCCCCCCCCCCCCCCCCCCCCC[Si](Cl)(Cl)Cl. The van der Waals surface area contributed by atoms with Gasteiger partial charge in [0.1, 0.15) is 6.61 Å². The van der Waals surface area contributed by atoms with Gasteiger partial charge in [-0.2, -0.15) is 0 Å². The molecule has 0 aliphatic heterocycles. The molecule has 0 radical (unpaired) electrons. The molecule has 0 aromatic carbocycles. The molecule has 9 heteroatoms. The minimum Gasteiger partial charge on any atom is -0.463 e. The Bertz CT molecular complexity index is 509. The molecule has 0 saturated heterocycles. The van der Waals surface area contributed by atoms with Gasteiger partial charge in [0.05, 0.1) is 33.0 Å². The molecule has 0 unspecified atom stereocenters. The molecule has 0 aromatic heterocycles. The van der Waals surface area contributed by atoms with E-state index in [9.17, 15) is 4.79 Å². The molecule has 0 heterocycles. The predicted molar refractivity (Wildman–Crippen MR) is 170 cm³/mol. The van der Waals surface area contributed by atoms with Crippen LogP contribution in [0.15, 0.2) is 0 Å². The van der Waals surface area contributed by atoms with Gasteiger partial charge in [-0.25, -0.2) is 0 Å². The van der Waals surface area contributed by atoms with E-state index in [4.69, 9.17) is 52.2 Å². The van der Waals surface area contributed by atoms with Gasteiger partial charge in [-0.05, 0) is 12.5 Å². The van der Waals surface area contributed by atoms with Crippen LogP contribution in [0.1, 0.15) is 135 Å². The van der Waals surface area contributed by atoms with Gasteiger partial charge >= 0.3 is 12.0 Å². The van der Waals surface area contributed by atoms with E-state index in [1.165, 1.54) is 122 Å². The van der Waals surface area contributed by atoms with Crippen LogP contribution in [0.2, 0.25) is 6.04 Å². The summed E-state index contributed by atoms with van der Waals surface area (Å²) < 4.78 is 21.2. The summed E-state index contributed by atoms with van der Waals surface area (Å²) in [4.78, 5) is 10.6. The molecule has 0 aliphatic carbocycles. The highest BCUT2D eigenvalue weighted by Gasteiger charge is 2.23. The number of hydrogen-bond acceptors (Lipinski definition) is 5. The Morgan fingerprint density at radius 2 is 0.718 bits per heavy atom. The first kappa shape index (κ1) is 39.4. The summed E-state index contributed by atoms with van der Waals surface area (Å²) in [6.07, 6.45) is 26.9. The topological polar surface area (TPSA) is 54.0 Å². The average Bonchev–Trinajstić information content (AvgIpc) is 2.88. The Kier molecular flexibility index (Phi) is 31.7. The molecule has 39 heavy (non-hydrogen) atoms. The number of rotatable bonds is 32. The first-order valence-corrected chi connectivity index (χ1v) is 21.1. The molecule has 0 saturated carbocycles. The van der Waals surface area contributed by atoms with Crippen molar-refractivity contribution in [2.45, 2.75) is 141 Å². The lowest BCUT2D eigenvalue weighted by Crippen LogP contribution is -2.13. The summed E-state index contributed by atoms with van der Waals surface area (Å²) in [5.41, 5.74) is 0. The highest BCUT2D eigenvalue weighted by Crippen LogP contribution is 2.27. The highest BCUT2D eigenvalue weighted by molar-refractivity contribution is 7.64. The fourth-order valence-corrected chi connectivity index (χ4v) is 6.35. The third-order valence-electron chi connectivity index (χ3n) is 6.78. The molecule has 0 N–H and O–H groups in total. The van der Waals surface area contributed by atoms with E-state index in [1.54, 1.807) is 0 Å². The summed E-state index contributed by atoms with van der Waals surface area (Å²) in [5, 5.41) is 0. The van der Waals surface area contributed by atoms with Crippen molar-refractivity contribution in [3.8, 4) is 0 Å². The molecule has 5 nitrogen and oxygen atoms in total. The number of halogens is 3. The van der Waals surface area contributed by atoms with Crippen LogP contribution in [-0.4, -0.2) is 58.2 Å². The standard InChI is InChI=1S/C30H59Cl3O5Si/c1-30(34)38-28-27-37-26-25-36-24-23-35-22-20-18-16-14-12-10-8-6-4-2-3-5-7-9-11-13-15-17-19-21-29-39(31,32)33/h2-29H2,1H3. The number of hydrogen-bond donors (Lipinski definition) is 0. The van der Waals surface area contributed by atoms with Gasteiger partial charge in [0.25, 0.3) is 0 Å². The van der Waals surface area contributed by atoms with Crippen LogP contribution in [-0.2, 0) is 23.7 Å². The fourth-order valence-electron chi connectivity index (χ4n) is 4.50. The molecular weight excluding hydrogens is 575 g/mol. The Hall–Kier alpha value is 0.437. The van der Waals surface area contributed by atoms with Crippen LogP contribution in [0.5, 0.6) is 0 Å². The van der Waals surface area contributed by atoms with E-state index in [0.29, 0.717) is 39.6 Å². The van der Waals surface area contributed by atoms with Gasteiger partial charge < -0.3 is 18.9 Å². The first-order chi connectivity index (χ1) is 18.9. The zero-order valence-electron chi connectivity index (χ0n) is 25.0. The van der Waals surface area contributed by atoms with Crippen LogP contribution in [0.25, 0.3) is 0 Å². The molecule has 0 aliphatic rings. The smallest absolute Gasteiger partial charge is 0.341 e. The fraction of sp³-hybridized carbons (Fsp3) is 0.967. The molecule has 0 amide bonds. The summed E-state index contributed by atoms with van der Waals surface area (Å²) in [7, 11) is 0. The normalized spacial score (nSPS) is 11.8. The summed E-state index contributed by atoms with van der Waals surface area (Å²) in [5.74, 6) is -0.280. The second-order valence-electron chi connectivity index (χ2n) is 10.6. The van der Waals surface area contributed by atoms with Crippen molar-refractivity contribution < 1.29 is 23.7 Å². The van der Waals surface area contributed by atoms with Gasteiger partial charge in [0, 0.05) is 13.5 Å². The minimum atomic E-state index is -2.38. The van der Waals surface area contributed by atoms with Crippen molar-refractivity contribution in [3.63, 3.8) is 0 Å². The Morgan fingerprint density at radius 1 is 0.436 bits per heavy atom. The van der Waals surface area contributed by atoms with Crippen molar-refractivity contribution in [1.82, 2.24) is 0 Å². The maximum absolute atomic E-state index is 10.6. The molecular formula is C30H59Cl3O5Si. The number of unbranched alkanes of at least 4 members (excludes halogenated alkanes) is 19. The third-order valence-corrected chi connectivity index (χ3v) is 9.40. The van der Waals surface area contributed by atoms with Crippen molar-refractivity contribution in [2.75, 3.05) is 46.2 Å². The zero-order valence-corrected chi connectivity index (χ0v) is 28.2. The Balaban J connectivity index is 3.05. The van der Waals surface area contributed by atoms with Gasteiger partial charge in [-0.15, -0.1) is 33.2 Å². The number of esters is 1. The molecule has 0 aromatic rings. The molecule has 234 valence electrons. The van der Waals surface area contributed by atoms with E-state index in [0.717, 1.165) is 25.5 Å².